The molecule has 0 spiro atoms. The van der Waals surface area contributed by atoms with Gasteiger partial charge in [0.05, 0.1) is 4.88 Å². The Hall–Kier alpha value is -2.14. The minimum absolute atomic E-state index is 0.0319. The monoisotopic (exact) mass is 344 g/mol. The summed E-state index contributed by atoms with van der Waals surface area (Å²) in [4.78, 5) is 27.7. The van der Waals surface area contributed by atoms with E-state index in [9.17, 15) is 9.59 Å². The van der Waals surface area contributed by atoms with Crippen LogP contribution in [0.5, 0.6) is 0 Å². The molecule has 0 aliphatic rings. The second kappa shape index (κ2) is 8.64. The molecule has 1 aromatic carbocycles. The molecular weight excluding hydrogens is 320 g/mol. The van der Waals surface area contributed by atoms with E-state index in [1.54, 1.807) is 4.90 Å². The molecular formula is C19H24N2O2S. The normalized spacial score (nSPS) is 10.6. The standard InChI is InChI=1S/C19H24N2O2S/c1-3-7-16-12-17(24-14(16)2)19(23)21(11-10-18(20)22)13-15-8-5-4-6-9-15/h4-6,8-9,12H,3,7,10-11,13H2,1-2H3,(H2,20,22). The van der Waals surface area contributed by atoms with Gasteiger partial charge < -0.3 is 10.6 Å². The van der Waals surface area contributed by atoms with Crippen LogP contribution in [-0.2, 0) is 17.8 Å². The van der Waals surface area contributed by atoms with Crippen molar-refractivity contribution in [1.29, 1.82) is 0 Å². The number of thiophene rings is 1. The molecule has 5 heteroatoms. The first-order valence-corrected chi connectivity index (χ1v) is 9.03. The molecule has 2 N–H and O–H groups in total. The van der Waals surface area contributed by atoms with E-state index < -0.39 is 5.91 Å². The predicted molar refractivity (Wildman–Crippen MR) is 98.0 cm³/mol. The molecule has 0 aliphatic heterocycles. The van der Waals surface area contributed by atoms with Crippen LogP contribution >= 0.6 is 11.3 Å². The van der Waals surface area contributed by atoms with Crippen LogP contribution in [0.25, 0.3) is 0 Å². The highest BCUT2D eigenvalue weighted by molar-refractivity contribution is 7.14. The first kappa shape index (κ1) is 18.2. The largest absolute Gasteiger partial charge is 0.370 e. The van der Waals surface area contributed by atoms with Gasteiger partial charge in [0.25, 0.3) is 5.91 Å². The summed E-state index contributed by atoms with van der Waals surface area (Å²) in [6.45, 7) is 5.00. The molecule has 0 unspecified atom stereocenters. The fourth-order valence-corrected chi connectivity index (χ4v) is 3.64. The quantitative estimate of drug-likeness (QED) is 0.796. The molecule has 0 fully saturated rings. The summed E-state index contributed by atoms with van der Waals surface area (Å²) in [6.07, 6.45) is 2.21. The van der Waals surface area contributed by atoms with Gasteiger partial charge in [-0.1, -0.05) is 43.7 Å². The van der Waals surface area contributed by atoms with Gasteiger partial charge in [0.15, 0.2) is 0 Å². The van der Waals surface area contributed by atoms with Gasteiger partial charge in [0.1, 0.15) is 0 Å². The summed E-state index contributed by atoms with van der Waals surface area (Å²) in [6, 6.07) is 11.8. The average Bonchev–Trinajstić information content (AvgIpc) is 2.93. The zero-order valence-electron chi connectivity index (χ0n) is 14.2. The summed E-state index contributed by atoms with van der Waals surface area (Å²) >= 11 is 1.53. The first-order valence-electron chi connectivity index (χ1n) is 8.22. The van der Waals surface area contributed by atoms with Gasteiger partial charge in [-0.25, -0.2) is 0 Å². The Morgan fingerprint density at radius 1 is 1.21 bits per heavy atom. The molecule has 0 radical (unpaired) electrons. The lowest BCUT2D eigenvalue weighted by molar-refractivity contribution is -0.118. The highest BCUT2D eigenvalue weighted by Crippen LogP contribution is 2.25. The summed E-state index contributed by atoms with van der Waals surface area (Å²) in [5, 5.41) is 0. The third kappa shape index (κ3) is 4.93. The third-order valence-corrected chi connectivity index (χ3v) is 4.96. The zero-order chi connectivity index (χ0) is 17.5. The number of hydrogen-bond donors (Lipinski definition) is 1. The van der Waals surface area contributed by atoms with E-state index in [0.717, 1.165) is 23.3 Å². The number of hydrogen-bond acceptors (Lipinski definition) is 3. The van der Waals surface area contributed by atoms with Crippen LogP contribution in [-0.4, -0.2) is 23.3 Å². The maximum Gasteiger partial charge on any atom is 0.264 e. The molecule has 4 nitrogen and oxygen atoms in total. The SMILES string of the molecule is CCCc1cc(C(=O)N(CCC(N)=O)Cc2ccccc2)sc1C. The van der Waals surface area contributed by atoms with E-state index in [1.165, 1.54) is 21.8 Å². The minimum Gasteiger partial charge on any atom is -0.370 e. The Labute approximate surface area is 147 Å². The van der Waals surface area contributed by atoms with Crippen LogP contribution in [0.4, 0.5) is 0 Å². The summed E-state index contributed by atoms with van der Waals surface area (Å²) in [7, 11) is 0. The summed E-state index contributed by atoms with van der Waals surface area (Å²) in [5.74, 6) is -0.426. The van der Waals surface area contributed by atoms with Crippen LogP contribution < -0.4 is 5.73 Å². The van der Waals surface area contributed by atoms with E-state index in [-0.39, 0.29) is 12.3 Å². The van der Waals surface area contributed by atoms with Gasteiger partial charge in [0, 0.05) is 24.4 Å². The number of amides is 2. The third-order valence-electron chi connectivity index (χ3n) is 3.88. The van der Waals surface area contributed by atoms with Crippen LogP contribution in [0.3, 0.4) is 0 Å². The fraction of sp³-hybridized carbons (Fsp3) is 0.368. The van der Waals surface area contributed by atoms with Gasteiger partial charge in [0.2, 0.25) is 5.91 Å². The van der Waals surface area contributed by atoms with Crippen molar-refractivity contribution < 1.29 is 9.59 Å². The second-order valence-electron chi connectivity index (χ2n) is 5.87. The van der Waals surface area contributed by atoms with E-state index in [2.05, 4.69) is 13.8 Å². The minimum atomic E-state index is -0.394. The Morgan fingerprint density at radius 3 is 2.54 bits per heavy atom. The molecule has 1 aromatic heterocycles. The van der Waals surface area contributed by atoms with E-state index in [4.69, 9.17) is 5.73 Å². The topological polar surface area (TPSA) is 63.4 Å². The van der Waals surface area contributed by atoms with Crippen molar-refractivity contribution in [3.8, 4) is 0 Å². The molecule has 128 valence electrons. The van der Waals surface area contributed by atoms with Gasteiger partial charge >= 0.3 is 0 Å². The molecule has 2 aromatic rings. The molecule has 0 saturated heterocycles. The number of nitrogens with two attached hydrogens (primary N) is 1. The Balaban J connectivity index is 2.19. The van der Waals surface area contributed by atoms with Crippen molar-refractivity contribution in [2.45, 2.75) is 39.7 Å². The zero-order valence-corrected chi connectivity index (χ0v) is 15.1. The predicted octanol–water partition coefficient (Wildman–Crippen LogP) is 3.53. The van der Waals surface area contributed by atoms with E-state index in [0.29, 0.717) is 13.1 Å². The first-order chi connectivity index (χ1) is 11.5. The maximum absolute atomic E-state index is 12.9. The van der Waals surface area contributed by atoms with Gasteiger partial charge in [-0.05, 0) is 30.5 Å². The number of benzene rings is 1. The number of carbonyl (C=O) groups is 2. The van der Waals surface area contributed by atoms with Gasteiger partial charge in [-0.2, -0.15) is 0 Å². The highest BCUT2D eigenvalue weighted by Gasteiger charge is 2.20. The molecule has 1 heterocycles. The second-order valence-corrected chi connectivity index (χ2v) is 7.13. The molecule has 0 bridgehead atoms. The van der Waals surface area contributed by atoms with Gasteiger partial charge in [-0.15, -0.1) is 11.3 Å². The van der Waals surface area contributed by atoms with Crippen LogP contribution in [0.2, 0.25) is 0 Å². The Morgan fingerprint density at radius 2 is 1.92 bits per heavy atom. The molecule has 0 saturated carbocycles. The molecule has 0 atom stereocenters. The fourth-order valence-electron chi connectivity index (χ4n) is 2.60. The molecule has 0 aliphatic carbocycles. The lowest BCUT2D eigenvalue weighted by Crippen LogP contribution is -2.33. The van der Waals surface area contributed by atoms with Crippen molar-refractivity contribution >= 4 is 23.2 Å². The summed E-state index contributed by atoms with van der Waals surface area (Å²) < 4.78 is 0. The summed E-state index contributed by atoms with van der Waals surface area (Å²) in [5.41, 5.74) is 7.54. The molecule has 24 heavy (non-hydrogen) atoms. The Kier molecular flexibility index (Phi) is 6.55. The van der Waals surface area contributed by atoms with Crippen LogP contribution in [0, 0.1) is 6.92 Å². The Bertz CT molecular complexity index is 695. The number of nitrogens with zero attached hydrogens (tertiary/aromatic N) is 1. The maximum atomic E-state index is 12.9. The lowest BCUT2D eigenvalue weighted by atomic mass is 10.1. The average molecular weight is 344 g/mol. The van der Waals surface area contributed by atoms with Crippen molar-refractivity contribution in [1.82, 2.24) is 4.90 Å². The number of carbonyl (C=O) groups excluding carboxylic acids is 2. The highest BCUT2D eigenvalue weighted by atomic mass is 32.1. The van der Waals surface area contributed by atoms with Crippen LogP contribution in [0.1, 0.15) is 45.4 Å². The van der Waals surface area contributed by atoms with E-state index in [1.807, 2.05) is 36.4 Å². The van der Waals surface area contributed by atoms with Crippen molar-refractivity contribution in [3.05, 3.63) is 57.3 Å². The lowest BCUT2D eigenvalue weighted by Gasteiger charge is -2.21. The number of rotatable bonds is 8. The van der Waals surface area contributed by atoms with Crippen LogP contribution in [0.15, 0.2) is 36.4 Å². The van der Waals surface area contributed by atoms with Crippen molar-refractivity contribution in [2.24, 2.45) is 5.73 Å². The molecule has 2 amide bonds. The smallest absolute Gasteiger partial charge is 0.264 e. The van der Waals surface area contributed by atoms with Crippen molar-refractivity contribution in [3.63, 3.8) is 0 Å². The number of aryl methyl sites for hydroxylation is 2. The number of primary amides is 1. The van der Waals surface area contributed by atoms with Gasteiger partial charge in [-0.3, -0.25) is 9.59 Å². The van der Waals surface area contributed by atoms with E-state index >= 15 is 0 Å². The van der Waals surface area contributed by atoms with Crippen molar-refractivity contribution in [2.75, 3.05) is 6.54 Å². The molecule has 2 rings (SSSR count).